The first kappa shape index (κ1) is 20.1. The standard InChI is InChI=1S/C20H23NO6/c1-4-26-19-10-15(12-22)6-8-17(19)27-13-20(23)21-11-14-5-7-16(24-2)18(9-14)25-3/h5-10,12H,4,11,13H2,1-3H3,(H,21,23). The molecule has 0 aliphatic heterocycles. The van der Waals surface area contributed by atoms with Gasteiger partial charge in [-0.1, -0.05) is 6.07 Å². The minimum atomic E-state index is -0.285. The Morgan fingerprint density at radius 1 is 0.963 bits per heavy atom. The summed E-state index contributed by atoms with van der Waals surface area (Å²) >= 11 is 0. The number of methoxy groups -OCH3 is 2. The first-order chi connectivity index (χ1) is 13.1. The highest BCUT2D eigenvalue weighted by Crippen LogP contribution is 2.28. The van der Waals surface area contributed by atoms with Crippen LogP contribution in [0.4, 0.5) is 0 Å². The number of aldehydes is 1. The summed E-state index contributed by atoms with van der Waals surface area (Å²) in [7, 11) is 3.12. The first-order valence-corrected chi connectivity index (χ1v) is 8.43. The van der Waals surface area contributed by atoms with Crippen LogP contribution in [0.2, 0.25) is 0 Å². The van der Waals surface area contributed by atoms with Crippen LogP contribution in [-0.2, 0) is 11.3 Å². The van der Waals surface area contributed by atoms with E-state index < -0.39 is 0 Å². The Labute approximate surface area is 158 Å². The lowest BCUT2D eigenvalue weighted by Gasteiger charge is -2.13. The molecule has 1 N–H and O–H groups in total. The van der Waals surface area contributed by atoms with Gasteiger partial charge in [0, 0.05) is 12.1 Å². The lowest BCUT2D eigenvalue weighted by molar-refractivity contribution is -0.123. The fourth-order valence-electron chi connectivity index (χ4n) is 2.37. The number of carbonyl (C=O) groups is 2. The zero-order valence-corrected chi connectivity index (χ0v) is 15.6. The van der Waals surface area contributed by atoms with Gasteiger partial charge < -0.3 is 24.3 Å². The van der Waals surface area contributed by atoms with Gasteiger partial charge in [-0.25, -0.2) is 0 Å². The summed E-state index contributed by atoms with van der Waals surface area (Å²) in [5, 5.41) is 2.77. The summed E-state index contributed by atoms with van der Waals surface area (Å²) in [6, 6.07) is 10.2. The van der Waals surface area contributed by atoms with Crippen molar-refractivity contribution in [3.63, 3.8) is 0 Å². The maximum atomic E-state index is 12.1. The van der Waals surface area contributed by atoms with Crippen LogP contribution in [0.5, 0.6) is 23.0 Å². The minimum Gasteiger partial charge on any atom is -0.493 e. The van der Waals surface area contributed by atoms with Crippen LogP contribution in [0.3, 0.4) is 0 Å². The van der Waals surface area contributed by atoms with Gasteiger partial charge >= 0.3 is 0 Å². The third kappa shape index (κ3) is 5.64. The summed E-state index contributed by atoms with van der Waals surface area (Å²) in [4.78, 5) is 22.9. The average Bonchev–Trinajstić information content (AvgIpc) is 2.71. The van der Waals surface area contributed by atoms with Crippen molar-refractivity contribution in [2.45, 2.75) is 13.5 Å². The topological polar surface area (TPSA) is 83.1 Å². The average molecular weight is 373 g/mol. The van der Waals surface area contributed by atoms with E-state index in [9.17, 15) is 9.59 Å². The molecular formula is C20H23NO6. The quantitative estimate of drug-likeness (QED) is 0.645. The molecule has 0 saturated heterocycles. The molecule has 0 aromatic heterocycles. The number of hydrogen-bond acceptors (Lipinski definition) is 6. The van der Waals surface area contributed by atoms with E-state index in [0.717, 1.165) is 11.8 Å². The Morgan fingerprint density at radius 3 is 2.37 bits per heavy atom. The molecule has 1 amide bonds. The Balaban J connectivity index is 1.92. The molecule has 0 saturated carbocycles. The molecule has 0 radical (unpaired) electrons. The fraction of sp³-hybridized carbons (Fsp3) is 0.300. The van der Waals surface area contributed by atoms with Gasteiger partial charge in [0.05, 0.1) is 20.8 Å². The Morgan fingerprint density at radius 2 is 1.70 bits per heavy atom. The fourth-order valence-corrected chi connectivity index (χ4v) is 2.37. The second kappa shape index (κ2) is 10.1. The molecule has 0 atom stereocenters. The summed E-state index contributed by atoms with van der Waals surface area (Å²) in [6.45, 7) is 2.40. The molecule has 2 rings (SSSR count). The highest BCUT2D eigenvalue weighted by Gasteiger charge is 2.10. The lowest BCUT2D eigenvalue weighted by Crippen LogP contribution is -2.28. The van der Waals surface area contributed by atoms with Gasteiger partial charge in [0.2, 0.25) is 0 Å². The molecule has 2 aromatic carbocycles. The summed E-state index contributed by atoms with van der Waals surface area (Å²) in [5.41, 5.74) is 1.34. The van der Waals surface area contributed by atoms with Crippen molar-refractivity contribution >= 4 is 12.2 Å². The molecule has 0 spiro atoms. The number of hydrogen-bond donors (Lipinski definition) is 1. The minimum absolute atomic E-state index is 0.173. The van der Waals surface area contributed by atoms with E-state index in [4.69, 9.17) is 18.9 Å². The van der Waals surface area contributed by atoms with E-state index in [0.29, 0.717) is 41.7 Å². The number of nitrogens with one attached hydrogen (secondary N) is 1. The summed E-state index contributed by atoms with van der Waals surface area (Å²) in [5.74, 6) is 1.76. The molecular weight excluding hydrogens is 350 g/mol. The SMILES string of the molecule is CCOc1cc(C=O)ccc1OCC(=O)NCc1ccc(OC)c(OC)c1. The summed E-state index contributed by atoms with van der Waals surface area (Å²) < 4.78 is 21.4. The zero-order valence-electron chi connectivity index (χ0n) is 15.6. The normalized spacial score (nSPS) is 10.0. The van der Waals surface area contributed by atoms with E-state index in [1.807, 2.05) is 13.0 Å². The zero-order chi connectivity index (χ0) is 19.6. The van der Waals surface area contributed by atoms with E-state index in [2.05, 4.69) is 5.32 Å². The largest absolute Gasteiger partial charge is 0.493 e. The third-order valence-corrected chi connectivity index (χ3v) is 3.70. The predicted octanol–water partition coefficient (Wildman–Crippen LogP) is 2.61. The molecule has 27 heavy (non-hydrogen) atoms. The van der Waals surface area contributed by atoms with Crippen molar-refractivity contribution in [3.05, 3.63) is 47.5 Å². The van der Waals surface area contributed by atoms with Crippen LogP contribution in [0.25, 0.3) is 0 Å². The molecule has 7 heteroatoms. The Kier molecular flexibility index (Phi) is 7.49. The van der Waals surface area contributed by atoms with E-state index in [1.54, 1.807) is 44.6 Å². The van der Waals surface area contributed by atoms with Crippen molar-refractivity contribution in [3.8, 4) is 23.0 Å². The molecule has 0 bridgehead atoms. The highest BCUT2D eigenvalue weighted by molar-refractivity contribution is 5.78. The van der Waals surface area contributed by atoms with Crippen LogP contribution in [0.15, 0.2) is 36.4 Å². The lowest BCUT2D eigenvalue weighted by atomic mass is 10.2. The number of rotatable bonds is 10. The van der Waals surface area contributed by atoms with Crippen LogP contribution in [-0.4, -0.2) is 39.6 Å². The molecule has 0 heterocycles. The molecule has 0 unspecified atom stereocenters. The summed E-state index contributed by atoms with van der Waals surface area (Å²) in [6.07, 6.45) is 0.724. The number of carbonyl (C=O) groups excluding carboxylic acids is 2. The van der Waals surface area contributed by atoms with Gasteiger partial charge in [0.15, 0.2) is 29.6 Å². The van der Waals surface area contributed by atoms with Crippen molar-refractivity contribution in [1.82, 2.24) is 5.32 Å². The van der Waals surface area contributed by atoms with Crippen molar-refractivity contribution in [2.75, 3.05) is 27.4 Å². The van der Waals surface area contributed by atoms with Crippen LogP contribution in [0, 0.1) is 0 Å². The van der Waals surface area contributed by atoms with Crippen LogP contribution >= 0.6 is 0 Å². The molecule has 7 nitrogen and oxygen atoms in total. The highest BCUT2D eigenvalue weighted by atomic mass is 16.5. The van der Waals surface area contributed by atoms with Crippen molar-refractivity contribution in [1.29, 1.82) is 0 Å². The molecule has 2 aromatic rings. The smallest absolute Gasteiger partial charge is 0.258 e. The maximum absolute atomic E-state index is 12.1. The van der Waals surface area contributed by atoms with Gasteiger partial charge in [0.25, 0.3) is 5.91 Å². The maximum Gasteiger partial charge on any atom is 0.258 e. The Hall–Kier alpha value is -3.22. The van der Waals surface area contributed by atoms with Crippen molar-refractivity contribution in [2.24, 2.45) is 0 Å². The van der Waals surface area contributed by atoms with E-state index >= 15 is 0 Å². The molecule has 0 aliphatic rings. The second-order valence-electron chi connectivity index (χ2n) is 5.51. The predicted molar refractivity (Wildman–Crippen MR) is 99.9 cm³/mol. The van der Waals surface area contributed by atoms with E-state index in [1.165, 1.54) is 0 Å². The molecule has 0 aliphatic carbocycles. The van der Waals surface area contributed by atoms with Crippen LogP contribution < -0.4 is 24.3 Å². The van der Waals surface area contributed by atoms with Crippen LogP contribution in [0.1, 0.15) is 22.8 Å². The van der Waals surface area contributed by atoms with Gasteiger partial charge in [-0.15, -0.1) is 0 Å². The molecule has 0 fully saturated rings. The molecule has 144 valence electrons. The van der Waals surface area contributed by atoms with Crippen molar-refractivity contribution < 1.29 is 28.5 Å². The second-order valence-corrected chi connectivity index (χ2v) is 5.51. The first-order valence-electron chi connectivity index (χ1n) is 8.43. The van der Waals surface area contributed by atoms with Gasteiger partial charge in [0.1, 0.15) is 6.29 Å². The van der Waals surface area contributed by atoms with E-state index in [-0.39, 0.29) is 12.5 Å². The Bertz CT molecular complexity index is 790. The number of amides is 1. The van der Waals surface area contributed by atoms with Gasteiger partial charge in [-0.3, -0.25) is 9.59 Å². The van der Waals surface area contributed by atoms with Gasteiger partial charge in [-0.2, -0.15) is 0 Å². The monoisotopic (exact) mass is 373 g/mol. The number of ether oxygens (including phenoxy) is 4. The number of benzene rings is 2. The third-order valence-electron chi connectivity index (χ3n) is 3.70. The van der Waals surface area contributed by atoms with Gasteiger partial charge in [-0.05, 0) is 42.8 Å².